The maximum atomic E-state index is 6.55. The number of benzene rings is 9. The van der Waals surface area contributed by atoms with Crippen LogP contribution in [0.3, 0.4) is 0 Å². The van der Waals surface area contributed by atoms with E-state index in [9.17, 15) is 0 Å². The summed E-state index contributed by atoms with van der Waals surface area (Å²) < 4.78 is 18.2. The number of aromatic nitrogens is 2. The minimum absolute atomic E-state index is 0.0340. The molecule has 6 heterocycles. The molecule has 0 unspecified atom stereocenters. The van der Waals surface area contributed by atoms with Gasteiger partial charge < -0.3 is 18.0 Å². The van der Waals surface area contributed by atoms with Gasteiger partial charge in [0.1, 0.15) is 22.3 Å². The lowest BCUT2D eigenvalue weighted by molar-refractivity contribution is 0.669. The summed E-state index contributed by atoms with van der Waals surface area (Å²) in [6, 6.07) is 55.9. The number of furan rings is 2. The lowest BCUT2D eigenvalue weighted by Crippen LogP contribution is -2.59. The highest BCUT2D eigenvalue weighted by molar-refractivity contribution is 7.00. The van der Waals surface area contributed by atoms with E-state index in [0.29, 0.717) is 0 Å². The topological polar surface area (TPSA) is 36.1 Å². The van der Waals surface area contributed by atoms with Crippen molar-refractivity contribution < 1.29 is 8.83 Å². The standard InChI is InChI=1S/C50H25BN2O2/c1-3-12-28-26(10-1)20-36-49-46(28)34-22-32-30-14-5-7-18-42(30)54-44(32)24-40(34)52(49)38-16-9-17-39-48(38)51(36)37-21-27-11-2-4-13-29(27)47-35-23-33-31-15-6-8-19-43(31)55-45(33)25-41(35)53(39)50(37)47/h1-25H. The van der Waals surface area contributed by atoms with Crippen LogP contribution in [-0.2, 0) is 0 Å². The highest BCUT2D eigenvalue weighted by atomic mass is 16.3. The van der Waals surface area contributed by atoms with E-state index < -0.39 is 0 Å². The fourth-order valence-corrected chi connectivity index (χ4v) is 10.9. The van der Waals surface area contributed by atoms with Crippen molar-refractivity contribution in [3.63, 3.8) is 0 Å². The molecule has 5 heteroatoms. The van der Waals surface area contributed by atoms with Crippen LogP contribution in [0, 0.1) is 0 Å². The van der Waals surface area contributed by atoms with Crippen molar-refractivity contribution in [1.82, 2.24) is 9.13 Å². The first-order valence-electron chi connectivity index (χ1n) is 19.0. The van der Waals surface area contributed by atoms with Crippen molar-refractivity contribution in [2.24, 2.45) is 0 Å². The molecule has 4 nitrogen and oxygen atoms in total. The van der Waals surface area contributed by atoms with Crippen molar-refractivity contribution >= 4 is 132 Å². The molecule has 0 spiro atoms. The van der Waals surface area contributed by atoms with Gasteiger partial charge in [0, 0.05) is 66.6 Å². The summed E-state index contributed by atoms with van der Waals surface area (Å²) in [5.74, 6) is 0. The van der Waals surface area contributed by atoms with Gasteiger partial charge in [-0.2, -0.15) is 0 Å². The van der Waals surface area contributed by atoms with E-state index >= 15 is 0 Å². The molecule has 0 atom stereocenters. The normalized spacial score (nSPS) is 13.4. The first-order valence-corrected chi connectivity index (χ1v) is 19.0. The van der Waals surface area contributed by atoms with Gasteiger partial charge in [0.15, 0.2) is 0 Å². The van der Waals surface area contributed by atoms with E-state index in [0.717, 1.165) is 43.9 Å². The monoisotopic (exact) mass is 696 g/mol. The van der Waals surface area contributed by atoms with Crippen LogP contribution in [0.2, 0.25) is 0 Å². The molecule has 15 rings (SSSR count). The summed E-state index contributed by atoms with van der Waals surface area (Å²) in [4.78, 5) is 0. The molecule has 0 bridgehead atoms. The molecule has 9 aromatic carbocycles. The van der Waals surface area contributed by atoms with Crippen molar-refractivity contribution in [3.05, 3.63) is 152 Å². The molecule has 55 heavy (non-hydrogen) atoms. The van der Waals surface area contributed by atoms with E-state index in [2.05, 4.69) is 161 Å². The molecular weight excluding hydrogens is 671 g/mol. The Bertz CT molecular complexity index is 3710. The summed E-state index contributed by atoms with van der Waals surface area (Å²) in [5.41, 5.74) is 15.0. The second-order valence-electron chi connectivity index (χ2n) is 15.6. The number of hydrogen-bond acceptors (Lipinski definition) is 2. The van der Waals surface area contributed by atoms with Crippen LogP contribution in [-0.4, -0.2) is 15.8 Å². The van der Waals surface area contributed by atoms with Gasteiger partial charge in [-0.15, -0.1) is 0 Å². The molecule has 0 amide bonds. The number of nitrogens with zero attached hydrogens (tertiary/aromatic N) is 2. The van der Waals surface area contributed by atoms with Crippen LogP contribution >= 0.6 is 0 Å². The predicted octanol–water partition coefficient (Wildman–Crippen LogP) is 11.1. The second kappa shape index (κ2) is 9.10. The van der Waals surface area contributed by atoms with Gasteiger partial charge in [-0.1, -0.05) is 103 Å². The molecule has 0 saturated heterocycles. The van der Waals surface area contributed by atoms with Crippen LogP contribution in [0.25, 0.3) is 120 Å². The molecule has 0 radical (unpaired) electrons. The van der Waals surface area contributed by atoms with Crippen molar-refractivity contribution in [2.45, 2.75) is 0 Å². The Labute approximate surface area is 312 Å². The molecule has 13 aromatic rings. The van der Waals surface area contributed by atoms with Crippen LogP contribution < -0.4 is 16.4 Å². The molecule has 0 fully saturated rings. The molecule has 2 aliphatic rings. The summed E-state index contributed by atoms with van der Waals surface area (Å²) >= 11 is 0. The highest BCUT2D eigenvalue weighted by Crippen LogP contribution is 2.45. The average Bonchev–Trinajstić information content (AvgIpc) is 3.97. The Morgan fingerprint density at radius 2 is 0.818 bits per heavy atom. The first kappa shape index (κ1) is 27.4. The van der Waals surface area contributed by atoms with Gasteiger partial charge in [0.25, 0.3) is 6.71 Å². The zero-order valence-corrected chi connectivity index (χ0v) is 29.2. The van der Waals surface area contributed by atoms with E-state index in [1.54, 1.807) is 0 Å². The first-order chi connectivity index (χ1) is 27.3. The van der Waals surface area contributed by atoms with Gasteiger partial charge in [0.2, 0.25) is 0 Å². The second-order valence-corrected chi connectivity index (χ2v) is 15.6. The zero-order chi connectivity index (χ0) is 35.3. The third-order valence-electron chi connectivity index (χ3n) is 13.0. The maximum absolute atomic E-state index is 6.55. The van der Waals surface area contributed by atoms with Crippen molar-refractivity contribution in [3.8, 4) is 11.4 Å². The van der Waals surface area contributed by atoms with Gasteiger partial charge in [-0.25, -0.2) is 0 Å². The third-order valence-corrected chi connectivity index (χ3v) is 13.0. The fourth-order valence-electron chi connectivity index (χ4n) is 10.9. The molecule has 250 valence electrons. The number of rotatable bonds is 0. The molecule has 0 aliphatic carbocycles. The quantitative estimate of drug-likeness (QED) is 0.148. The predicted molar refractivity (Wildman–Crippen MR) is 229 cm³/mol. The maximum Gasteiger partial charge on any atom is 0.252 e. The summed E-state index contributed by atoms with van der Waals surface area (Å²) in [6.45, 7) is 0.0340. The number of hydrogen-bond donors (Lipinski definition) is 0. The fraction of sp³-hybridized carbons (Fsp3) is 0. The van der Waals surface area contributed by atoms with E-state index in [1.807, 2.05) is 0 Å². The molecule has 4 aromatic heterocycles. The van der Waals surface area contributed by atoms with E-state index in [1.165, 1.54) is 92.9 Å². The van der Waals surface area contributed by atoms with Crippen LogP contribution in [0.5, 0.6) is 0 Å². The molecular formula is C50H25BN2O2. The lowest BCUT2D eigenvalue weighted by Gasteiger charge is -2.34. The molecule has 0 N–H and O–H groups in total. The van der Waals surface area contributed by atoms with Crippen molar-refractivity contribution in [2.75, 3.05) is 0 Å². The summed E-state index contributed by atoms with van der Waals surface area (Å²) in [7, 11) is 0. The number of fused-ring (bicyclic) bond motifs is 20. The van der Waals surface area contributed by atoms with Gasteiger partial charge in [-0.3, -0.25) is 0 Å². The Kier molecular flexibility index (Phi) is 4.53. The van der Waals surface area contributed by atoms with Crippen LogP contribution in [0.1, 0.15) is 0 Å². The Balaban J connectivity index is 1.18. The van der Waals surface area contributed by atoms with Crippen LogP contribution in [0.4, 0.5) is 0 Å². The largest absolute Gasteiger partial charge is 0.456 e. The van der Waals surface area contributed by atoms with Gasteiger partial charge >= 0.3 is 0 Å². The van der Waals surface area contributed by atoms with E-state index in [-0.39, 0.29) is 6.71 Å². The SMILES string of the molecule is c1cc2c3c(c1)-n1c4cc5oc6ccccc6c5cc4c4c5ccccc5cc(c41)B3c1cc3ccccc3c3c4cc5c(cc4n-2c13)oc1ccccc15. The zero-order valence-electron chi connectivity index (χ0n) is 29.2. The third kappa shape index (κ3) is 3.07. The lowest BCUT2D eigenvalue weighted by atomic mass is 9.34. The minimum Gasteiger partial charge on any atom is -0.456 e. The van der Waals surface area contributed by atoms with Gasteiger partial charge in [0.05, 0.1) is 22.1 Å². The van der Waals surface area contributed by atoms with Crippen molar-refractivity contribution in [1.29, 1.82) is 0 Å². The van der Waals surface area contributed by atoms with Crippen LogP contribution in [0.15, 0.2) is 160 Å². The molecule has 0 saturated carbocycles. The average molecular weight is 697 g/mol. The number of para-hydroxylation sites is 2. The smallest absolute Gasteiger partial charge is 0.252 e. The highest BCUT2D eigenvalue weighted by Gasteiger charge is 2.41. The Hall–Kier alpha value is -7.24. The summed E-state index contributed by atoms with van der Waals surface area (Å²) in [6.07, 6.45) is 0. The Morgan fingerprint density at radius 1 is 0.364 bits per heavy atom. The van der Waals surface area contributed by atoms with Gasteiger partial charge in [-0.05, 0) is 74.3 Å². The minimum atomic E-state index is 0.0340. The molecule has 2 aliphatic heterocycles. The summed E-state index contributed by atoms with van der Waals surface area (Å²) in [5, 5.41) is 14.8. The Morgan fingerprint density at radius 3 is 1.33 bits per heavy atom. The van der Waals surface area contributed by atoms with E-state index in [4.69, 9.17) is 8.83 Å².